The molecule has 1 N–H and O–H groups in total. The van der Waals surface area contributed by atoms with Crippen LogP contribution in [-0.2, 0) is 0 Å². The van der Waals surface area contributed by atoms with E-state index in [9.17, 15) is 0 Å². The molecule has 5 heteroatoms. The number of rotatable bonds is 5. The zero-order valence-electron chi connectivity index (χ0n) is 12.0. The number of aromatic nitrogens is 1. The molecule has 106 valence electrons. The fraction of sp³-hybridized carbons (Fsp3) is 0.714. The van der Waals surface area contributed by atoms with Gasteiger partial charge in [0.2, 0.25) is 0 Å². The minimum Gasteiger partial charge on any atom is -0.364 e. The Balaban J connectivity index is 1.83. The van der Waals surface area contributed by atoms with Gasteiger partial charge in [-0.3, -0.25) is 4.99 Å². The fourth-order valence-electron chi connectivity index (χ4n) is 2.14. The van der Waals surface area contributed by atoms with Crippen molar-refractivity contribution in [1.29, 1.82) is 0 Å². The van der Waals surface area contributed by atoms with Gasteiger partial charge in [0.15, 0.2) is 5.17 Å². The molecule has 0 amide bonds. The SMILES string of the molecule is CCC1(CC)CN=C(NCC(C)c2nccs2)SC1. The van der Waals surface area contributed by atoms with Crippen molar-refractivity contribution in [2.75, 3.05) is 18.8 Å². The van der Waals surface area contributed by atoms with Crippen LogP contribution in [0.15, 0.2) is 16.6 Å². The summed E-state index contributed by atoms with van der Waals surface area (Å²) in [6.07, 6.45) is 4.33. The van der Waals surface area contributed by atoms with Crippen molar-refractivity contribution in [3.63, 3.8) is 0 Å². The van der Waals surface area contributed by atoms with E-state index < -0.39 is 0 Å². The van der Waals surface area contributed by atoms with Crippen molar-refractivity contribution in [3.8, 4) is 0 Å². The van der Waals surface area contributed by atoms with Crippen LogP contribution in [0.1, 0.15) is 44.5 Å². The Morgan fingerprint density at radius 3 is 2.74 bits per heavy atom. The van der Waals surface area contributed by atoms with E-state index in [1.165, 1.54) is 23.6 Å². The number of nitrogens with zero attached hydrogens (tertiary/aromatic N) is 2. The van der Waals surface area contributed by atoms with Crippen molar-refractivity contribution in [2.24, 2.45) is 10.4 Å². The van der Waals surface area contributed by atoms with Gasteiger partial charge < -0.3 is 5.32 Å². The van der Waals surface area contributed by atoms with Gasteiger partial charge in [-0.1, -0.05) is 32.5 Å². The topological polar surface area (TPSA) is 37.3 Å². The summed E-state index contributed by atoms with van der Waals surface area (Å²) in [6, 6.07) is 0. The number of amidine groups is 1. The summed E-state index contributed by atoms with van der Waals surface area (Å²) >= 11 is 3.61. The molecule has 0 saturated carbocycles. The van der Waals surface area contributed by atoms with Gasteiger partial charge in [0, 0.05) is 36.3 Å². The summed E-state index contributed by atoms with van der Waals surface area (Å²) < 4.78 is 0. The lowest BCUT2D eigenvalue weighted by Crippen LogP contribution is -2.35. The van der Waals surface area contributed by atoms with Crippen molar-refractivity contribution >= 4 is 28.3 Å². The molecule has 1 aliphatic rings. The van der Waals surface area contributed by atoms with Gasteiger partial charge in [0.1, 0.15) is 0 Å². The van der Waals surface area contributed by atoms with E-state index in [4.69, 9.17) is 4.99 Å². The van der Waals surface area contributed by atoms with Crippen LogP contribution in [0.4, 0.5) is 0 Å². The van der Waals surface area contributed by atoms with E-state index in [-0.39, 0.29) is 0 Å². The van der Waals surface area contributed by atoms with Crippen LogP contribution in [0.3, 0.4) is 0 Å². The average Bonchev–Trinajstić information content (AvgIpc) is 3.00. The summed E-state index contributed by atoms with van der Waals surface area (Å²) in [6.45, 7) is 8.67. The number of nitrogens with one attached hydrogen (secondary N) is 1. The van der Waals surface area contributed by atoms with Gasteiger partial charge in [0.05, 0.1) is 5.01 Å². The standard InChI is InChI=1S/C14H23N3S2/c1-4-14(5-2)9-17-13(19-10-14)16-8-11(3)12-15-6-7-18-12/h6-7,11H,4-5,8-10H2,1-3H3,(H,16,17). The molecule has 2 heterocycles. The predicted molar refractivity (Wildman–Crippen MR) is 86.3 cm³/mol. The van der Waals surface area contributed by atoms with Crippen molar-refractivity contribution in [2.45, 2.75) is 39.5 Å². The van der Waals surface area contributed by atoms with Crippen molar-refractivity contribution in [1.82, 2.24) is 10.3 Å². The summed E-state index contributed by atoms with van der Waals surface area (Å²) in [4.78, 5) is 9.09. The number of thiazole rings is 1. The van der Waals surface area contributed by atoms with E-state index in [2.05, 4.69) is 31.1 Å². The van der Waals surface area contributed by atoms with Crippen LogP contribution in [0.25, 0.3) is 0 Å². The summed E-state index contributed by atoms with van der Waals surface area (Å²) in [5, 5.41) is 7.82. The number of aliphatic imine (C=N–C) groups is 1. The lowest BCUT2D eigenvalue weighted by molar-refractivity contribution is 0.318. The maximum absolute atomic E-state index is 4.73. The minimum absolute atomic E-state index is 0.427. The van der Waals surface area contributed by atoms with E-state index in [0.29, 0.717) is 11.3 Å². The van der Waals surface area contributed by atoms with Crippen LogP contribution in [-0.4, -0.2) is 29.0 Å². The number of thioether (sulfide) groups is 1. The zero-order valence-corrected chi connectivity index (χ0v) is 13.6. The minimum atomic E-state index is 0.427. The highest BCUT2D eigenvalue weighted by atomic mass is 32.2. The monoisotopic (exact) mass is 297 g/mol. The highest BCUT2D eigenvalue weighted by molar-refractivity contribution is 8.13. The normalized spacial score (nSPS) is 19.8. The molecule has 19 heavy (non-hydrogen) atoms. The van der Waals surface area contributed by atoms with Gasteiger partial charge in [0.25, 0.3) is 0 Å². The predicted octanol–water partition coefficient (Wildman–Crippen LogP) is 3.75. The Bertz CT molecular complexity index is 410. The van der Waals surface area contributed by atoms with E-state index in [1.807, 2.05) is 23.3 Å². The number of hydrogen-bond donors (Lipinski definition) is 1. The Morgan fingerprint density at radius 1 is 1.42 bits per heavy atom. The molecule has 3 nitrogen and oxygen atoms in total. The molecular formula is C14H23N3S2. The Labute approximate surface area is 124 Å². The van der Waals surface area contributed by atoms with Crippen molar-refractivity contribution in [3.05, 3.63) is 16.6 Å². The van der Waals surface area contributed by atoms with Gasteiger partial charge in [-0.15, -0.1) is 11.3 Å². The fourth-order valence-corrected chi connectivity index (χ4v) is 4.12. The molecule has 1 aliphatic heterocycles. The molecule has 1 atom stereocenters. The zero-order chi connectivity index (χ0) is 13.7. The second-order valence-electron chi connectivity index (χ2n) is 5.27. The average molecular weight is 297 g/mol. The maximum atomic E-state index is 4.73. The summed E-state index contributed by atoms with van der Waals surface area (Å²) in [5.74, 6) is 1.64. The largest absolute Gasteiger partial charge is 0.364 e. The molecule has 0 saturated heterocycles. The Hall–Kier alpha value is -0.550. The van der Waals surface area contributed by atoms with Gasteiger partial charge in [-0.25, -0.2) is 4.98 Å². The molecule has 0 radical (unpaired) electrons. The first kappa shape index (κ1) is 14.9. The second kappa shape index (κ2) is 6.75. The van der Waals surface area contributed by atoms with Gasteiger partial charge in [-0.2, -0.15) is 0 Å². The van der Waals surface area contributed by atoms with Gasteiger partial charge >= 0.3 is 0 Å². The molecule has 1 aromatic rings. The smallest absolute Gasteiger partial charge is 0.156 e. The van der Waals surface area contributed by atoms with E-state index in [0.717, 1.165) is 18.3 Å². The van der Waals surface area contributed by atoms with Crippen LogP contribution in [0.2, 0.25) is 0 Å². The quantitative estimate of drug-likeness (QED) is 0.899. The van der Waals surface area contributed by atoms with Crippen LogP contribution in [0.5, 0.6) is 0 Å². The Morgan fingerprint density at radius 2 is 2.21 bits per heavy atom. The first-order valence-corrected chi connectivity index (χ1v) is 8.86. The van der Waals surface area contributed by atoms with E-state index >= 15 is 0 Å². The lowest BCUT2D eigenvalue weighted by atomic mass is 9.84. The maximum Gasteiger partial charge on any atom is 0.156 e. The molecule has 0 aromatic carbocycles. The summed E-state index contributed by atoms with van der Waals surface area (Å²) in [7, 11) is 0. The van der Waals surface area contributed by atoms with Crippen LogP contribution in [0, 0.1) is 5.41 Å². The highest BCUT2D eigenvalue weighted by Crippen LogP contribution is 2.34. The third kappa shape index (κ3) is 3.72. The summed E-state index contributed by atoms with van der Waals surface area (Å²) in [5.41, 5.74) is 0.427. The van der Waals surface area contributed by atoms with Gasteiger partial charge in [-0.05, 0) is 18.3 Å². The first-order chi connectivity index (χ1) is 9.19. The van der Waals surface area contributed by atoms with E-state index in [1.54, 1.807) is 11.3 Å². The highest BCUT2D eigenvalue weighted by Gasteiger charge is 2.30. The van der Waals surface area contributed by atoms with Crippen LogP contribution >= 0.6 is 23.1 Å². The number of hydrogen-bond acceptors (Lipinski definition) is 5. The third-order valence-corrected chi connectivity index (χ3v) is 6.32. The molecular weight excluding hydrogens is 274 g/mol. The van der Waals surface area contributed by atoms with Crippen LogP contribution < -0.4 is 5.32 Å². The molecule has 0 fully saturated rings. The lowest BCUT2D eigenvalue weighted by Gasteiger charge is -2.33. The molecule has 1 aromatic heterocycles. The second-order valence-corrected chi connectivity index (χ2v) is 7.16. The molecule has 0 spiro atoms. The molecule has 2 rings (SSSR count). The van der Waals surface area contributed by atoms with Crippen molar-refractivity contribution < 1.29 is 0 Å². The third-order valence-electron chi connectivity index (χ3n) is 4.01. The first-order valence-electron chi connectivity index (χ1n) is 6.99. The molecule has 0 aliphatic carbocycles. The molecule has 1 unspecified atom stereocenters. The molecule has 0 bridgehead atoms. The Kier molecular flexibility index (Phi) is 5.28.